The third kappa shape index (κ3) is 3.53. The van der Waals surface area contributed by atoms with Crippen molar-refractivity contribution >= 4 is 23.2 Å². The molecule has 4 heteroatoms. The molecule has 0 aliphatic rings. The zero-order valence-corrected chi connectivity index (χ0v) is 9.64. The number of halogens is 1. The van der Waals surface area contributed by atoms with Crippen LogP contribution in [-0.2, 0) is 10.7 Å². The molecule has 15 heavy (non-hydrogen) atoms. The van der Waals surface area contributed by atoms with Crippen molar-refractivity contribution in [2.24, 2.45) is 0 Å². The normalized spacial score (nSPS) is 12.2. The monoisotopic (exact) mass is 226 g/mol. The number of likely N-dealkylation sites (N-methyl/N-ethyl adjacent to an activating group) is 1. The quantitative estimate of drug-likeness (QED) is 0.771. The predicted octanol–water partition coefficient (Wildman–Crippen LogP) is 1.97. The van der Waals surface area contributed by atoms with Crippen LogP contribution < -0.4 is 10.6 Å². The van der Waals surface area contributed by atoms with Gasteiger partial charge >= 0.3 is 0 Å². The highest BCUT2D eigenvalue weighted by atomic mass is 35.5. The van der Waals surface area contributed by atoms with Gasteiger partial charge in [0.15, 0.2) is 0 Å². The van der Waals surface area contributed by atoms with E-state index in [9.17, 15) is 4.79 Å². The van der Waals surface area contributed by atoms with Crippen molar-refractivity contribution in [3.05, 3.63) is 29.8 Å². The molecule has 1 aromatic carbocycles. The van der Waals surface area contributed by atoms with E-state index in [1.54, 1.807) is 7.05 Å². The fraction of sp³-hybridized carbons (Fsp3) is 0.364. The van der Waals surface area contributed by atoms with Crippen LogP contribution in [0.15, 0.2) is 24.3 Å². The molecule has 0 saturated heterocycles. The van der Waals surface area contributed by atoms with Gasteiger partial charge in [-0.25, -0.2) is 0 Å². The summed E-state index contributed by atoms with van der Waals surface area (Å²) in [5.74, 6) is 0.442. The van der Waals surface area contributed by atoms with Crippen LogP contribution in [0.4, 0.5) is 5.69 Å². The maximum absolute atomic E-state index is 11.5. The molecule has 0 aliphatic heterocycles. The fourth-order valence-electron chi connectivity index (χ4n) is 1.06. The summed E-state index contributed by atoms with van der Waals surface area (Å²) in [5.41, 5.74) is 1.83. The fourth-order valence-corrected chi connectivity index (χ4v) is 1.24. The topological polar surface area (TPSA) is 41.1 Å². The lowest BCUT2D eigenvalue weighted by molar-refractivity contribution is -0.117. The third-order valence-corrected chi connectivity index (χ3v) is 2.51. The lowest BCUT2D eigenvalue weighted by Crippen LogP contribution is -2.35. The molecule has 0 aliphatic carbocycles. The Morgan fingerprint density at radius 1 is 1.40 bits per heavy atom. The number of benzene rings is 1. The number of nitrogens with one attached hydrogen (secondary N) is 2. The van der Waals surface area contributed by atoms with Gasteiger partial charge < -0.3 is 10.6 Å². The number of carbonyl (C=O) groups excluding carboxylic acids is 1. The Balaban J connectivity index is 2.61. The van der Waals surface area contributed by atoms with E-state index in [4.69, 9.17) is 11.6 Å². The molecule has 82 valence electrons. The van der Waals surface area contributed by atoms with E-state index in [0.717, 1.165) is 11.3 Å². The van der Waals surface area contributed by atoms with Gasteiger partial charge in [0.2, 0.25) is 5.91 Å². The average molecular weight is 227 g/mol. The molecule has 1 atom stereocenters. The Morgan fingerprint density at radius 2 is 2.00 bits per heavy atom. The maximum atomic E-state index is 11.5. The number of amides is 1. The van der Waals surface area contributed by atoms with E-state index in [0.29, 0.717) is 5.88 Å². The van der Waals surface area contributed by atoms with Crippen molar-refractivity contribution in [3.63, 3.8) is 0 Å². The van der Waals surface area contributed by atoms with Crippen molar-refractivity contribution < 1.29 is 4.79 Å². The van der Waals surface area contributed by atoms with Gasteiger partial charge in [0.25, 0.3) is 0 Å². The smallest absolute Gasteiger partial charge is 0.241 e. The Bertz CT molecular complexity index is 324. The van der Waals surface area contributed by atoms with Crippen LogP contribution in [0, 0.1) is 0 Å². The van der Waals surface area contributed by atoms with Crippen LogP contribution in [-0.4, -0.2) is 19.0 Å². The van der Waals surface area contributed by atoms with Gasteiger partial charge in [0, 0.05) is 11.6 Å². The molecular formula is C11H15ClN2O. The van der Waals surface area contributed by atoms with Crippen LogP contribution >= 0.6 is 11.6 Å². The molecule has 1 rings (SSSR count). The molecule has 0 saturated carbocycles. The molecule has 0 radical (unpaired) electrons. The highest BCUT2D eigenvalue weighted by Gasteiger charge is 2.09. The Labute approximate surface area is 94.8 Å². The largest absolute Gasteiger partial charge is 0.325 e. The Hall–Kier alpha value is -1.06. The van der Waals surface area contributed by atoms with Gasteiger partial charge in [-0.1, -0.05) is 12.1 Å². The van der Waals surface area contributed by atoms with E-state index in [1.165, 1.54) is 0 Å². The van der Waals surface area contributed by atoms with Gasteiger partial charge in [-0.05, 0) is 31.7 Å². The summed E-state index contributed by atoms with van der Waals surface area (Å²) in [6.45, 7) is 1.81. The summed E-state index contributed by atoms with van der Waals surface area (Å²) in [6.07, 6.45) is 0. The third-order valence-electron chi connectivity index (χ3n) is 2.20. The molecule has 1 aromatic rings. The van der Waals surface area contributed by atoms with Crippen molar-refractivity contribution in [1.82, 2.24) is 5.32 Å². The Kier molecular flexibility index (Phi) is 4.59. The summed E-state index contributed by atoms with van der Waals surface area (Å²) < 4.78 is 0. The molecule has 0 aromatic heterocycles. The SMILES string of the molecule is CNC(C)C(=O)Nc1ccc(CCl)cc1. The minimum atomic E-state index is -0.197. The van der Waals surface area contributed by atoms with E-state index in [1.807, 2.05) is 31.2 Å². The number of rotatable bonds is 4. The van der Waals surface area contributed by atoms with E-state index in [2.05, 4.69) is 10.6 Å². The Morgan fingerprint density at radius 3 is 2.47 bits per heavy atom. The molecule has 0 bridgehead atoms. The molecule has 1 amide bonds. The zero-order chi connectivity index (χ0) is 11.3. The van der Waals surface area contributed by atoms with Crippen LogP contribution in [0.3, 0.4) is 0 Å². The van der Waals surface area contributed by atoms with E-state index in [-0.39, 0.29) is 11.9 Å². The average Bonchev–Trinajstić information content (AvgIpc) is 2.29. The molecular weight excluding hydrogens is 212 g/mol. The lowest BCUT2D eigenvalue weighted by atomic mass is 10.2. The minimum Gasteiger partial charge on any atom is -0.325 e. The molecule has 0 heterocycles. The predicted molar refractivity (Wildman–Crippen MR) is 63.2 cm³/mol. The minimum absolute atomic E-state index is 0.0453. The van der Waals surface area contributed by atoms with Crippen molar-refractivity contribution in [1.29, 1.82) is 0 Å². The van der Waals surface area contributed by atoms with Crippen LogP contribution in [0.2, 0.25) is 0 Å². The van der Waals surface area contributed by atoms with Crippen molar-refractivity contribution in [2.75, 3.05) is 12.4 Å². The van der Waals surface area contributed by atoms with Crippen LogP contribution in [0.5, 0.6) is 0 Å². The van der Waals surface area contributed by atoms with E-state index < -0.39 is 0 Å². The first-order chi connectivity index (χ1) is 7.17. The van der Waals surface area contributed by atoms with Crippen molar-refractivity contribution in [3.8, 4) is 0 Å². The number of hydrogen-bond donors (Lipinski definition) is 2. The van der Waals surface area contributed by atoms with Gasteiger partial charge in [-0.3, -0.25) is 4.79 Å². The van der Waals surface area contributed by atoms with Gasteiger partial charge in [-0.15, -0.1) is 11.6 Å². The van der Waals surface area contributed by atoms with Crippen LogP contribution in [0.25, 0.3) is 0 Å². The van der Waals surface area contributed by atoms with Gasteiger partial charge in [0.1, 0.15) is 0 Å². The highest BCUT2D eigenvalue weighted by molar-refractivity contribution is 6.17. The number of alkyl halides is 1. The summed E-state index contributed by atoms with van der Waals surface area (Å²) in [4.78, 5) is 11.5. The summed E-state index contributed by atoms with van der Waals surface area (Å²) in [5, 5.41) is 5.67. The second kappa shape index (κ2) is 5.73. The highest BCUT2D eigenvalue weighted by Crippen LogP contribution is 2.11. The van der Waals surface area contributed by atoms with Gasteiger partial charge in [0.05, 0.1) is 6.04 Å². The molecule has 3 nitrogen and oxygen atoms in total. The second-order valence-corrected chi connectivity index (χ2v) is 3.60. The van der Waals surface area contributed by atoms with Gasteiger partial charge in [-0.2, -0.15) is 0 Å². The first-order valence-electron chi connectivity index (χ1n) is 4.80. The van der Waals surface area contributed by atoms with Crippen molar-refractivity contribution in [2.45, 2.75) is 18.8 Å². The van der Waals surface area contributed by atoms with E-state index >= 15 is 0 Å². The molecule has 0 fully saturated rings. The zero-order valence-electron chi connectivity index (χ0n) is 8.88. The number of carbonyl (C=O) groups is 1. The van der Waals surface area contributed by atoms with Crippen LogP contribution in [0.1, 0.15) is 12.5 Å². The first kappa shape index (κ1) is 12.0. The molecule has 2 N–H and O–H groups in total. The first-order valence-corrected chi connectivity index (χ1v) is 5.34. The summed E-state index contributed by atoms with van der Waals surface area (Å²) >= 11 is 5.66. The second-order valence-electron chi connectivity index (χ2n) is 3.33. The maximum Gasteiger partial charge on any atom is 0.241 e. The lowest BCUT2D eigenvalue weighted by Gasteiger charge is -2.11. The summed E-state index contributed by atoms with van der Waals surface area (Å²) in [6, 6.07) is 7.28. The standard InChI is InChI=1S/C11H15ClN2O/c1-8(13-2)11(15)14-10-5-3-9(7-12)4-6-10/h3-6,8,13H,7H2,1-2H3,(H,14,15). The molecule has 1 unspecified atom stereocenters. The molecule has 0 spiro atoms. The number of anilines is 1. The number of hydrogen-bond acceptors (Lipinski definition) is 2. The summed E-state index contributed by atoms with van der Waals surface area (Å²) in [7, 11) is 1.75.